The molecule has 6 aliphatic rings. The van der Waals surface area contributed by atoms with Crippen molar-refractivity contribution in [3.8, 4) is 22.5 Å². The van der Waals surface area contributed by atoms with Gasteiger partial charge in [-0.1, -0.05) is 48.0 Å². The number of amides is 2. The fourth-order valence-electron chi connectivity index (χ4n) is 8.52. The van der Waals surface area contributed by atoms with E-state index in [1.54, 1.807) is 0 Å². The largest absolute Gasteiger partial charge is 0.357 e. The Balaban J connectivity index is 0.000000130. The van der Waals surface area contributed by atoms with Crippen molar-refractivity contribution >= 4 is 35.6 Å². The second-order valence-electron chi connectivity index (χ2n) is 14.6. The van der Waals surface area contributed by atoms with E-state index >= 15 is 0 Å². The van der Waals surface area contributed by atoms with Crippen LogP contribution in [0.3, 0.4) is 0 Å². The minimum Gasteiger partial charge on any atom is -0.357 e. The fraction of sp³-hybridized carbons (Fsp3) is 0.300. The third-order valence-corrected chi connectivity index (χ3v) is 11.8. The molecule has 2 fully saturated rings. The number of fused-ring (bicyclic) bond motifs is 12. The van der Waals surface area contributed by atoms with Crippen LogP contribution < -0.4 is 10.6 Å². The first-order valence-electron chi connectivity index (χ1n) is 17.4. The van der Waals surface area contributed by atoms with Gasteiger partial charge in [-0.15, -0.1) is 0 Å². The van der Waals surface area contributed by atoms with Gasteiger partial charge in [0, 0.05) is 58.8 Å². The van der Waals surface area contributed by atoms with E-state index in [0.29, 0.717) is 5.15 Å². The Hall–Kier alpha value is -4.95. The lowest BCUT2D eigenvalue weighted by Gasteiger charge is -2.23. The summed E-state index contributed by atoms with van der Waals surface area (Å²) < 4.78 is 0. The van der Waals surface area contributed by atoms with E-state index in [1.807, 2.05) is 36.7 Å². The molecule has 4 aromatic heterocycles. The van der Waals surface area contributed by atoms with Crippen LogP contribution in [-0.4, -0.2) is 44.8 Å². The predicted octanol–water partition coefficient (Wildman–Crippen LogP) is 6.72. The normalized spacial score (nSPS) is 19.4. The Labute approximate surface area is 288 Å². The topological polar surface area (TPSA) is 116 Å². The number of nitrogens with one attached hydrogen (secondary N) is 4. The third kappa shape index (κ3) is 4.57. The van der Waals surface area contributed by atoms with Gasteiger partial charge in [-0.2, -0.15) is 0 Å². The van der Waals surface area contributed by atoms with E-state index in [0.717, 1.165) is 115 Å². The number of halogens is 1. The maximum Gasteiger partial charge on any atom is 0.253 e. The van der Waals surface area contributed by atoms with Crippen LogP contribution in [-0.2, 0) is 36.5 Å². The fourth-order valence-corrected chi connectivity index (χ4v) is 8.68. The molecule has 49 heavy (non-hydrogen) atoms. The monoisotopic (exact) mass is 666 g/mol. The molecule has 0 saturated heterocycles. The van der Waals surface area contributed by atoms with Gasteiger partial charge in [0.2, 0.25) is 0 Å². The molecule has 1 aromatic carbocycles. The second-order valence-corrected chi connectivity index (χ2v) is 14.9. The minimum atomic E-state index is 0.0728. The van der Waals surface area contributed by atoms with E-state index in [9.17, 15) is 9.59 Å². The minimum absolute atomic E-state index is 0.0728. The molecule has 0 unspecified atom stereocenters. The number of pyridine rings is 2. The van der Waals surface area contributed by atoms with Gasteiger partial charge in [-0.05, 0) is 97.4 Å². The van der Waals surface area contributed by atoms with E-state index < -0.39 is 0 Å². The SMILES string of the molecule is O=C1NCC2(CC2)c2[nH]c3c(c21)CCc1cnc(/C=C/c2ccccc2)cc1-3.O=C1NCC2(CC2)c2[nH]c3c(c21)CCc1cnc(Cl)cc1-3. The predicted molar refractivity (Wildman–Crippen MR) is 190 cm³/mol. The van der Waals surface area contributed by atoms with Crippen molar-refractivity contribution in [3.63, 3.8) is 0 Å². The Morgan fingerprint density at radius 2 is 1.22 bits per heavy atom. The maximum absolute atomic E-state index is 12.6. The first kappa shape index (κ1) is 29.0. The number of aryl methyl sites for hydroxylation is 2. The summed E-state index contributed by atoms with van der Waals surface area (Å²) in [6.07, 6.45) is 16.3. The van der Waals surface area contributed by atoms with E-state index in [2.05, 4.69) is 60.9 Å². The van der Waals surface area contributed by atoms with Crippen LogP contribution in [0.15, 0.2) is 54.9 Å². The Bertz CT molecular complexity index is 2260. The van der Waals surface area contributed by atoms with Gasteiger partial charge in [-0.3, -0.25) is 14.6 Å². The lowest BCUT2D eigenvalue weighted by atomic mass is 9.86. The molecule has 11 rings (SSSR count). The molecule has 2 spiro atoms. The highest BCUT2D eigenvalue weighted by Crippen LogP contribution is 2.54. The van der Waals surface area contributed by atoms with Crippen molar-refractivity contribution in [3.05, 3.63) is 116 Å². The molecule has 2 saturated carbocycles. The summed E-state index contributed by atoms with van der Waals surface area (Å²) in [5.41, 5.74) is 15.9. The first-order valence-corrected chi connectivity index (χ1v) is 17.7. The van der Waals surface area contributed by atoms with Gasteiger partial charge >= 0.3 is 0 Å². The quantitative estimate of drug-likeness (QED) is 0.157. The van der Waals surface area contributed by atoms with Crippen LogP contribution in [0.1, 0.15) is 91.3 Å². The average Bonchev–Trinajstić information content (AvgIpc) is 4.01. The number of H-pyrrole nitrogens is 2. The summed E-state index contributed by atoms with van der Waals surface area (Å²) >= 11 is 6.06. The Morgan fingerprint density at radius 3 is 1.80 bits per heavy atom. The Morgan fingerprint density at radius 1 is 0.673 bits per heavy atom. The number of carbonyl (C=O) groups is 2. The second kappa shape index (κ2) is 10.5. The highest BCUT2D eigenvalue weighted by atomic mass is 35.5. The maximum atomic E-state index is 12.6. The van der Waals surface area contributed by atoms with Crippen molar-refractivity contribution < 1.29 is 9.59 Å². The van der Waals surface area contributed by atoms with Gasteiger partial charge in [0.05, 0.1) is 28.2 Å². The molecule has 2 amide bonds. The van der Waals surface area contributed by atoms with Gasteiger partial charge in [-0.25, -0.2) is 4.98 Å². The summed E-state index contributed by atoms with van der Waals surface area (Å²) in [5.74, 6) is 0.162. The molecule has 4 N–H and O–H groups in total. The summed E-state index contributed by atoms with van der Waals surface area (Å²) in [7, 11) is 0. The van der Waals surface area contributed by atoms with Crippen LogP contribution in [0.5, 0.6) is 0 Å². The van der Waals surface area contributed by atoms with Crippen LogP contribution in [0, 0.1) is 0 Å². The Kier molecular flexibility index (Phi) is 6.23. The zero-order chi connectivity index (χ0) is 32.9. The molecule has 8 nitrogen and oxygen atoms in total. The number of aromatic nitrogens is 4. The van der Waals surface area contributed by atoms with Crippen molar-refractivity contribution in [2.75, 3.05) is 13.1 Å². The molecule has 0 radical (unpaired) electrons. The van der Waals surface area contributed by atoms with Crippen molar-refractivity contribution in [2.45, 2.75) is 62.2 Å². The third-order valence-electron chi connectivity index (χ3n) is 11.6. The zero-order valence-corrected chi connectivity index (χ0v) is 27.8. The highest BCUT2D eigenvalue weighted by molar-refractivity contribution is 6.29. The number of hydrogen-bond acceptors (Lipinski definition) is 4. The number of hydrogen-bond donors (Lipinski definition) is 4. The molecule has 4 aliphatic carbocycles. The zero-order valence-electron chi connectivity index (χ0n) is 27.0. The first-order chi connectivity index (χ1) is 23.9. The summed E-state index contributed by atoms with van der Waals surface area (Å²) in [5, 5.41) is 6.68. The number of benzene rings is 1. The van der Waals surface area contributed by atoms with Crippen LogP contribution >= 0.6 is 11.6 Å². The van der Waals surface area contributed by atoms with E-state index in [1.165, 1.54) is 27.9 Å². The number of aromatic amines is 2. The molecule has 2 aliphatic heterocycles. The molecule has 9 heteroatoms. The van der Waals surface area contributed by atoms with Crippen LogP contribution in [0.25, 0.3) is 34.7 Å². The van der Waals surface area contributed by atoms with Gasteiger partial charge in [0.15, 0.2) is 0 Å². The van der Waals surface area contributed by atoms with Gasteiger partial charge in [0.1, 0.15) is 5.15 Å². The molecular formula is C40H35ClN6O2. The summed E-state index contributed by atoms with van der Waals surface area (Å²) in [4.78, 5) is 41.0. The van der Waals surface area contributed by atoms with Crippen molar-refractivity contribution in [2.24, 2.45) is 0 Å². The smallest absolute Gasteiger partial charge is 0.253 e. The highest BCUT2D eigenvalue weighted by Gasteiger charge is 2.52. The molecule has 0 bridgehead atoms. The van der Waals surface area contributed by atoms with Crippen LogP contribution in [0.4, 0.5) is 0 Å². The van der Waals surface area contributed by atoms with Crippen molar-refractivity contribution in [1.82, 2.24) is 30.6 Å². The van der Waals surface area contributed by atoms with Gasteiger partial charge in [0.25, 0.3) is 11.8 Å². The molecule has 0 atom stereocenters. The molecule has 6 heterocycles. The van der Waals surface area contributed by atoms with Gasteiger partial charge < -0.3 is 20.6 Å². The molecular weight excluding hydrogens is 632 g/mol. The summed E-state index contributed by atoms with van der Waals surface area (Å²) in [6, 6.07) is 14.3. The molecule has 244 valence electrons. The standard InChI is InChI=1S/C24H21N3O.C16H14ClN3O/c28-23-20-18-9-7-16-13-25-17(8-6-15-4-2-1-3-5-15)12-19(16)21(18)27-22(20)24(10-11-24)14-26-23;17-11-5-10-8(6-18-11)1-2-9-12-14(20-13(9)10)16(3-4-16)7-19-15(12)21/h1-6,8,12-13,27H,7,9-11,14H2,(H,26,28);5-6,20H,1-4,7H2,(H,19,21)/b8-6+;. The van der Waals surface area contributed by atoms with E-state index in [-0.39, 0.29) is 22.6 Å². The van der Waals surface area contributed by atoms with E-state index in [4.69, 9.17) is 11.6 Å². The number of rotatable bonds is 2. The lowest BCUT2D eigenvalue weighted by molar-refractivity contribution is 0.0928. The molecule has 5 aromatic rings. The van der Waals surface area contributed by atoms with Crippen molar-refractivity contribution in [1.29, 1.82) is 0 Å². The van der Waals surface area contributed by atoms with Crippen LogP contribution in [0.2, 0.25) is 5.15 Å². The number of nitrogens with zero attached hydrogens (tertiary/aromatic N) is 2. The number of carbonyl (C=O) groups excluding carboxylic acids is 2. The summed E-state index contributed by atoms with van der Waals surface area (Å²) in [6.45, 7) is 1.54. The lowest BCUT2D eigenvalue weighted by Crippen LogP contribution is -2.39. The average molecular weight is 667 g/mol.